The molecule has 0 saturated heterocycles. The Morgan fingerprint density at radius 3 is 2.50 bits per heavy atom. The summed E-state index contributed by atoms with van der Waals surface area (Å²) in [5, 5.41) is 10.1. The zero-order valence-corrected chi connectivity index (χ0v) is 12.3. The molecule has 0 aromatic heterocycles. The zero-order chi connectivity index (χ0) is 14.7. The molecule has 0 saturated carbocycles. The van der Waals surface area contributed by atoms with Gasteiger partial charge in [0.25, 0.3) is 0 Å². The predicted octanol–water partition coefficient (Wildman–Crippen LogP) is 4.01. The molecule has 1 N–H and O–H groups in total. The Labute approximate surface area is 124 Å². The Morgan fingerprint density at radius 1 is 1.15 bits per heavy atom. The molecule has 2 nitrogen and oxygen atoms in total. The summed E-state index contributed by atoms with van der Waals surface area (Å²) in [5.41, 5.74) is 0.448. The van der Waals surface area contributed by atoms with Crippen molar-refractivity contribution >= 4 is 15.9 Å². The molecule has 1 atom stereocenters. The first kappa shape index (κ1) is 14.9. The molecule has 0 aliphatic carbocycles. The van der Waals surface area contributed by atoms with E-state index in [2.05, 4.69) is 15.9 Å². The van der Waals surface area contributed by atoms with Crippen LogP contribution in [0.1, 0.15) is 17.2 Å². The van der Waals surface area contributed by atoms with E-state index in [1.165, 1.54) is 25.3 Å². The van der Waals surface area contributed by atoms with Gasteiger partial charge in [-0.05, 0) is 29.8 Å². The first-order valence-electron chi connectivity index (χ1n) is 5.96. The van der Waals surface area contributed by atoms with Gasteiger partial charge in [0, 0.05) is 22.5 Å². The first-order chi connectivity index (χ1) is 9.51. The number of benzene rings is 2. The van der Waals surface area contributed by atoms with Gasteiger partial charge in [-0.2, -0.15) is 0 Å². The molecule has 0 fully saturated rings. The number of halogens is 3. The van der Waals surface area contributed by atoms with Crippen LogP contribution in [0.4, 0.5) is 8.78 Å². The standard InChI is InChI=1S/C15H13BrF2O2/c1-20-11-4-5-12(14(18)8-11)15(19)6-9-2-3-10(16)7-13(9)17/h2-5,7-8,15,19H,6H2,1H3. The van der Waals surface area contributed by atoms with Crippen LogP contribution in [0.3, 0.4) is 0 Å². The fraction of sp³-hybridized carbons (Fsp3) is 0.200. The molecule has 0 amide bonds. The van der Waals surface area contributed by atoms with E-state index < -0.39 is 17.7 Å². The minimum Gasteiger partial charge on any atom is -0.497 e. The molecule has 2 aromatic rings. The van der Waals surface area contributed by atoms with Crippen molar-refractivity contribution in [3.8, 4) is 5.75 Å². The van der Waals surface area contributed by atoms with Crippen LogP contribution in [0.15, 0.2) is 40.9 Å². The molecule has 0 aliphatic rings. The number of aliphatic hydroxyl groups excluding tert-OH is 1. The third kappa shape index (κ3) is 3.35. The van der Waals surface area contributed by atoms with Crippen molar-refractivity contribution in [1.82, 2.24) is 0 Å². The minimum absolute atomic E-state index is 0.00234. The summed E-state index contributed by atoms with van der Waals surface area (Å²) in [5.74, 6) is -0.644. The molecule has 20 heavy (non-hydrogen) atoms. The second-order valence-corrected chi connectivity index (χ2v) is 5.26. The lowest BCUT2D eigenvalue weighted by Gasteiger charge is -2.13. The molecule has 0 spiro atoms. The van der Waals surface area contributed by atoms with E-state index in [0.717, 1.165) is 0 Å². The Morgan fingerprint density at radius 2 is 1.90 bits per heavy atom. The number of hydrogen-bond donors (Lipinski definition) is 1. The van der Waals surface area contributed by atoms with E-state index in [4.69, 9.17) is 4.74 Å². The topological polar surface area (TPSA) is 29.5 Å². The predicted molar refractivity (Wildman–Crippen MR) is 75.7 cm³/mol. The molecule has 0 radical (unpaired) electrons. The van der Waals surface area contributed by atoms with Crippen LogP contribution in [-0.4, -0.2) is 12.2 Å². The highest BCUT2D eigenvalue weighted by atomic mass is 79.9. The van der Waals surface area contributed by atoms with Gasteiger partial charge in [0.2, 0.25) is 0 Å². The highest BCUT2D eigenvalue weighted by molar-refractivity contribution is 9.10. The van der Waals surface area contributed by atoms with Crippen molar-refractivity contribution in [2.75, 3.05) is 7.11 Å². The second kappa shape index (κ2) is 6.33. The van der Waals surface area contributed by atoms with Gasteiger partial charge in [-0.15, -0.1) is 0 Å². The molecule has 0 bridgehead atoms. The fourth-order valence-electron chi connectivity index (χ4n) is 1.91. The molecule has 0 aliphatic heterocycles. The second-order valence-electron chi connectivity index (χ2n) is 4.34. The van der Waals surface area contributed by atoms with Crippen molar-refractivity contribution in [2.24, 2.45) is 0 Å². The summed E-state index contributed by atoms with van der Waals surface area (Å²) in [6, 6.07) is 8.73. The Hall–Kier alpha value is -1.46. The van der Waals surface area contributed by atoms with Gasteiger partial charge in [-0.25, -0.2) is 8.78 Å². The number of methoxy groups -OCH3 is 1. The summed E-state index contributed by atoms with van der Waals surface area (Å²) in [6.07, 6.45) is -1.11. The van der Waals surface area contributed by atoms with Crippen molar-refractivity contribution in [1.29, 1.82) is 0 Å². The SMILES string of the molecule is COc1ccc(C(O)Cc2ccc(Br)cc2F)c(F)c1. The summed E-state index contributed by atoms with van der Waals surface area (Å²) in [4.78, 5) is 0. The Balaban J connectivity index is 2.21. The van der Waals surface area contributed by atoms with Gasteiger partial charge in [-0.1, -0.05) is 22.0 Å². The molecular formula is C15H13BrF2O2. The number of ether oxygens (including phenoxy) is 1. The summed E-state index contributed by atoms with van der Waals surface area (Å²) < 4.78 is 33.0. The molecule has 2 aromatic carbocycles. The summed E-state index contributed by atoms with van der Waals surface area (Å²) in [7, 11) is 1.43. The van der Waals surface area contributed by atoms with E-state index >= 15 is 0 Å². The quantitative estimate of drug-likeness (QED) is 0.909. The van der Waals surface area contributed by atoms with Crippen LogP contribution in [0.5, 0.6) is 5.75 Å². The van der Waals surface area contributed by atoms with E-state index in [-0.39, 0.29) is 12.0 Å². The zero-order valence-electron chi connectivity index (χ0n) is 10.7. The highest BCUT2D eigenvalue weighted by Gasteiger charge is 2.16. The van der Waals surface area contributed by atoms with Crippen molar-refractivity contribution < 1.29 is 18.6 Å². The van der Waals surface area contributed by atoms with Gasteiger partial charge in [0.15, 0.2) is 0 Å². The molecule has 1 unspecified atom stereocenters. The maximum atomic E-state index is 13.8. The van der Waals surface area contributed by atoms with E-state index in [1.807, 2.05) is 0 Å². The fourth-order valence-corrected chi connectivity index (χ4v) is 2.24. The monoisotopic (exact) mass is 342 g/mol. The lowest BCUT2D eigenvalue weighted by molar-refractivity contribution is 0.172. The van der Waals surface area contributed by atoms with Crippen LogP contribution in [-0.2, 0) is 6.42 Å². The van der Waals surface area contributed by atoms with Crippen LogP contribution >= 0.6 is 15.9 Å². The lowest BCUT2D eigenvalue weighted by Crippen LogP contribution is -2.06. The molecule has 2 rings (SSSR count). The largest absolute Gasteiger partial charge is 0.497 e. The summed E-state index contributed by atoms with van der Waals surface area (Å²) >= 11 is 3.16. The number of hydrogen-bond acceptors (Lipinski definition) is 2. The van der Waals surface area contributed by atoms with Gasteiger partial charge >= 0.3 is 0 Å². The third-order valence-electron chi connectivity index (χ3n) is 2.99. The number of rotatable bonds is 4. The van der Waals surface area contributed by atoms with Crippen molar-refractivity contribution in [3.63, 3.8) is 0 Å². The third-order valence-corrected chi connectivity index (χ3v) is 3.49. The molecule has 5 heteroatoms. The molecule has 0 heterocycles. The van der Waals surface area contributed by atoms with Crippen LogP contribution in [0, 0.1) is 11.6 Å². The maximum absolute atomic E-state index is 13.8. The lowest BCUT2D eigenvalue weighted by atomic mass is 10.0. The van der Waals surface area contributed by atoms with E-state index in [9.17, 15) is 13.9 Å². The van der Waals surface area contributed by atoms with Crippen LogP contribution < -0.4 is 4.74 Å². The van der Waals surface area contributed by atoms with Gasteiger partial charge < -0.3 is 9.84 Å². The van der Waals surface area contributed by atoms with Crippen LogP contribution in [0.25, 0.3) is 0 Å². The first-order valence-corrected chi connectivity index (χ1v) is 6.76. The van der Waals surface area contributed by atoms with Crippen molar-refractivity contribution in [3.05, 3.63) is 63.6 Å². The Kier molecular flexibility index (Phi) is 4.73. The average molecular weight is 343 g/mol. The molecular weight excluding hydrogens is 330 g/mol. The van der Waals surface area contributed by atoms with Crippen LogP contribution in [0.2, 0.25) is 0 Å². The average Bonchev–Trinajstić information content (AvgIpc) is 2.41. The van der Waals surface area contributed by atoms with Gasteiger partial charge in [0.05, 0.1) is 13.2 Å². The normalized spacial score (nSPS) is 12.2. The van der Waals surface area contributed by atoms with E-state index in [1.54, 1.807) is 18.2 Å². The summed E-state index contributed by atoms with van der Waals surface area (Å²) in [6.45, 7) is 0. The smallest absolute Gasteiger partial charge is 0.132 e. The number of aliphatic hydroxyl groups is 1. The molecule has 106 valence electrons. The van der Waals surface area contributed by atoms with Gasteiger partial charge in [-0.3, -0.25) is 0 Å². The van der Waals surface area contributed by atoms with Crippen molar-refractivity contribution in [2.45, 2.75) is 12.5 Å². The highest BCUT2D eigenvalue weighted by Crippen LogP contribution is 2.26. The maximum Gasteiger partial charge on any atom is 0.132 e. The minimum atomic E-state index is -1.11. The van der Waals surface area contributed by atoms with Gasteiger partial charge in [0.1, 0.15) is 17.4 Å². The Bertz CT molecular complexity index is 617. The van der Waals surface area contributed by atoms with E-state index in [0.29, 0.717) is 15.8 Å².